The first-order chi connectivity index (χ1) is 10.1. The van der Waals surface area contributed by atoms with E-state index in [-0.39, 0.29) is 5.82 Å². The van der Waals surface area contributed by atoms with Gasteiger partial charge in [-0.15, -0.1) is 0 Å². The molecule has 21 heavy (non-hydrogen) atoms. The Labute approximate surface area is 140 Å². The molecule has 0 aliphatic heterocycles. The Bertz CT molecular complexity index is 536. The highest BCUT2D eigenvalue weighted by atomic mass is 127. The second-order valence-electron chi connectivity index (χ2n) is 5.42. The number of rotatable bonds is 7. The lowest BCUT2D eigenvalue weighted by Crippen LogP contribution is -2.29. The summed E-state index contributed by atoms with van der Waals surface area (Å²) in [5, 5.41) is 3.53. The normalized spacial score (nSPS) is 12.3. The maximum Gasteiger partial charge on any atom is 0.123 e. The number of nitrogens with one attached hydrogen (secondary N) is 1. The summed E-state index contributed by atoms with van der Waals surface area (Å²) in [7, 11) is 0. The summed E-state index contributed by atoms with van der Waals surface area (Å²) < 4.78 is 14.1. The van der Waals surface area contributed by atoms with Crippen molar-refractivity contribution in [1.82, 2.24) is 5.32 Å². The predicted octanol–water partition coefficient (Wildman–Crippen LogP) is 4.58. The summed E-state index contributed by atoms with van der Waals surface area (Å²) in [5.41, 5.74) is 2.57. The molecule has 0 bridgehead atoms. The maximum absolute atomic E-state index is 12.8. The lowest BCUT2D eigenvalue weighted by Gasteiger charge is -2.14. The molecule has 0 aromatic heterocycles. The van der Waals surface area contributed by atoms with Gasteiger partial charge in [-0.2, -0.15) is 0 Å². The molecule has 2 aromatic rings. The first-order valence-electron chi connectivity index (χ1n) is 7.36. The van der Waals surface area contributed by atoms with Crippen LogP contribution in [0.4, 0.5) is 4.39 Å². The van der Waals surface area contributed by atoms with Crippen molar-refractivity contribution in [3.63, 3.8) is 0 Å². The number of aryl methyl sites for hydroxylation is 1. The van der Waals surface area contributed by atoms with Crippen molar-refractivity contribution in [3.05, 3.63) is 69.0 Å². The number of benzene rings is 2. The van der Waals surface area contributed by atoms with Gasteiger partial charge in [-0.3, -0.25) is 0 Å². The van der Waals surface area contributed by atoms with Gasteiger partial charge < -0.3 is 5.32 Å². The largest absolute Gasteiger partial charge is 0.314 e. The molecule has 0 heterocycles. The maximum atomic E-state index is 12.8. The van der Waals surface area contributed by atoms with Crippen LogP contribution in [0.1, 0.15) is 24.5 Å². The smallest absolute Gasteiger partial charge is 0.123 e. The summed E-state index contributed by atoms with van der Waals surface area (Å²) in [5.74, 6) is -0.170. The van der Waals surface area contributed by atoms with E-state index in [4.69, 9.17) is 0 Å². The zero-order valence-electron chi connectivity index (χ0n) is 12.3. The average molecular weight is 397 g/mol. The molecule has 2 aromatic carbocycles. The molecule has 1 unspecified atom stereocenters. The molecule has 3 heteroatoms. The zero-order chi connectivity index (χ0) is 15.1. The molecule has 0 aliphatic rings. The predicted molar refractivity (Wildman–Crippen MR) is 95.0 cm³/mol. The van der Waals surface area contributed by atoms with Crippen LogP contribution < -0.4 is 5.32 Å². The monoisotopic (exact) mass is 397 g/mol. The molecule has 1 atom stereocenters. The highest BCUT2D eigenvalue weighted by molar-refractivity contribution is 14.1. The fourth-order valence-electron chi connectivity index (χ4n) is 2.34. The third-order valence-electron chi connectivity index (χ3n) is 3.50. The van der Waals surface area contributed by atoms with Gasteiger partial charge in [0, 0.05) is 9.61 Å². The molecule has 112 valence electrons. The van der Waals surface area contributed by atoms with Crippen molar-refractivity contribution < 1.29 is 4.39 Å². The third-order valence-corrected chi connectivity index (χ3v) is 4.22. The van der Waals surface area contributed by atoms with Crippen LogP contribution >= 0.6 is 22.6 Å². The minimum absolute atomic E-state index is 0.170. The van der Waals surface area contributed by atoms with Gasteiger partial charge in [0.1, 0.15) is 5.82 Å². The Morgan fingerprint density at radius 2 is 1.62 bits per heavy atom. The van der Waals surface area contributed by atoms with Gasteiger partial charge in [-0.25, -0.2) is 4.39 Å². The second-order valence-corrected chi connectivity index (χ2v) is 6.66. The van der Waals surface area contributed by atoms with E-state index in [1.54, 1.807) is 0 Å². The first kappa shape index (κ1) is 16.4. The van der Waals surface area contributed by atoms with Gasteiger partial charge in [0.05, 0.1) is 0 Å². The first-order valence-corrected chi connectivity index (χ1v) is 8.43. The molecule has 1 nitrogen and oxygen atoms in total. The highest BCUT2D eigenvalue weighted by Gasteiger charge is 2.03. The summed E-state index contributed by atoms with van der Waals surface area (Å²) in [6.07, 6.45) is 3.17. The Morgan fingerprint density at radius 1 is 1.00 bits per heavy atom. The highest BCUT2D eigenvalue weighted by Crippen LogP contribution is 2.09. The van der Waals surface area contributed by atoms with Gasteiger partial charge in [0.25, 0.3) is 0 Å². The van der Waals surface area contributed by atoms with Crippen LogP contribution in [0.25, 0.3) is 0 Å². The minimum Gasteiger partial charge on any atom is -0.314 e. The van der Waals surface area contributed by atoms with Gasteiger partial charge in [-0.1, -0.05) is 24.3 Å². The Balaban J connectivity index is 1.66. The molecule has 0 aliphatic carbocycles. The molecule has 1 N–H and O–H groups in total. The molecule has 0 saturated heterocycles. The van der Waals surface area contributed by atoms with Crippen molar-refractivity contribution in [1.29, 1.82) is 0 Å². The Morgan fingerprint density at radius 3 is 2.29 bits per heavy atom. The standard InChI is InChI=1S/C18H21FIN/c1-14(13-16-4-8-17(19)9-5-16)21-12-2-3-15-6-10-18(20)11-7-15/h4-11,14,21H,2-3,12-13H2,1H3. The Hall–Kier alpha value is -0.940. The molecular weight excluding hydrogens is 376 g/mol. The fourth-order valence-corrected chi connectivity index (χ4v) is 2.70. The van der Waals surface area contributed by atoms with Crippen molar-refractivity contribution in [2.75, 3.05) is 6.54 Å². The number of hydrogen-bond acceptors (Lipinski definition) is 1. The van der Waals surface area contributed by atoms with E-state index in [1.807, 2.05) is 12.1 Å². The molecule has 0 spiro atoms. The van der Waals surface area contributed by atoms with E-state index in [2.05, 4.69) is 59.1 Å². The number of halogens is 2. The van der Waals surface area contributed by atoms with Crippen molar-refractivity contribution in [2.24, 2.45) is 0 Å². The lowest BCUT2D eigenvalue weighted by atomic mass is 10.1. The summed E-state index contributed by atoms with van der Waals surface area (Å²) in [6, 6.07) is 15.9. The SMILES string of the molecule is CC(Cc1ccc(F)cc1)NCCCc1ccc(I)cc1. The zero-order valence-corrected chi connectivity index (χ0v) is 14.4. The van der Waals surface area contributed by atoms with E-state index in [1.165, 1.54) is 26.8 Å². The lowest BCUT2D eigenvalue weighted by molar-refractivity contribution is 0.533. The van der Waals surface area contributed by atoms with E-state index in [0.29, 0.717) is 6.04 Å². The molecule has 2 rings (SSSR count). The summed E-state index contributed by atoms with van der Waals surface area (Å²) in [4.78, 5) is 0. The van der Waals surface area contributed by atoms with Crippen molar-refractivity contribution >= 4 is 22.6 Å². The van der Waals surface area contributed by atoms with Gasteiger partial charge in [0.15, 0.2) is 0 Å². The number of hydrogen-bond donors (Lipinski definition) is 1. The second kappa shape index (κ2) is 8.49. The molecule has 0 amide bonds. The molecule has 0 fully saturated rings. The van der Waals surface area contributed by atoms with Gasteiger partial charge in [0.2, 0.25) is 0 Å². The van der Waals surface area contributed by atoms with Crippen LogP contribution in [0.5, 0.6) is 0 Å². The van der Waals surface area contributed by atoms with Crippen LogP contribution in [0.2, 0.25) is 0 Å². The molecule has 0 radical (unpaired) electrons. The van der Waals surface area contributed by atoms with Crippen molar-refractivity contribution in [2.45, 2.75) is 32.2 Å². The van der Waals surface area contributed by atoms with E-state index in [0.717, 1.165) is 25.8 Å². The van der Waals surface area contributed by atoms with E-state index >= 15 is 0 Å². The summed E-state index contributed by atoms with van der Waals surface area (Å²) >= 11 is 2.33. The van der Waals surface area contributed by atoms with E-state index in [9.17, 15) is 4.39 Å². The summed E-state index contributed by atoms with van der Waals surface area (Å²) in [6.45, 7) is 3.18. The van der Waals surface area contributed by atoms with Crippen LogP contribution in [0.15, 0.2) is 48.5 Å². The molecule has 0 saturated carbocycles. The van der Waals surface area contributed by atoms with Crippen LogP contribution in [-0.2, 0) is 12.8 Å². The van der Waals surface area contributed by atoms with Crippen LogP contribution in [0.3, 0.4) is 0 Å². The Kier molecular flexibility index (Phi) is 6.64. The van der Waals surface area contributed by atoms with Crippen LogP contribution in [0, 0.1) is 9.39 Å². The van der Waals surface area contributed by atoms with Gasteiger partial charge >= 0.3 is 0 Å². The minimum atomic E-state index is -0.170. The van der Waals surface area contributed by atoms with Crippen molar-refractivity contribution in [3.8, 4) is 0 Å². The van der Waals surface area contributed by atoms with Gasteiger partial charge in [-0.05, 0) is 90.7 Å². The van der Waals surface area contributed by atoms with Crippen LogP contribution in [-0.4, -0.2) is 12.6 Å². The topological polar surface area (TPSA) is 12.0 Å². The molecular formula is C18H21FIN. The van der Waals surface area contributed by atoms with E-state index < -0.39 is 0 Å². The quantitative estimate of drug-likeness (QED) is 0.533. The average Bonchev–Trinajstić information content (AvgIpc) is 2.48. The third kappa shape index (κ3) is 6.14. The fraction of sp³-hybridized carbons (Fsp3) is 0.333.